The minimum absolute atomic E-state index is 0.420. The van der Waals surface area contributed by atoms with Crippen LogP contribution in [0, 0.1) is 5.92 Å². The molecule has 0 amide bonds. The first-order valence-electron chi connectivity index (χ1n) is 5.71. The van der Waals surface area contributed by atoms with Crippen molar-refractivity contribution < 1.29 is 5.11 Å². The lowest BCUT2D eigenvalue weighted by Crippen LogP contribution is -2.42. The quantitative estimate of drug-likeness (QED) is 0.712. The van der Waals surface area contributed by atoms with Crippen LogP contribution in [0.25, 0.3) is 0 Å². The minimum atomic E-state index is -0.420. The summed E-state index contributed by atoms with van der Waals surface area (Å²) in [5, 5.41) is 13.5. The molecule has 0 bridgehead atoms. The van der Waals surface area contributed by atoms with E-state index in [1.54, 1.807) is 0 Å². The van der Waals surface area contributed by atoms with Gasteiger partial charge in [-0.1, -0.05) is 26.7 Å². The lowest BCUT2D eigenvalue weighted by Gasteiger charge is -2.23. The van der Waals surface area contributed by atoms with Crippen LogP contribution in [0.15, 0.2) is 0 Å². The van der Waals surface area contributed by atoms with Crippen molar-refractivity contribution in [1.82, 2.24) is 5.32 Å². The second kappa shape index (κ2) is 5.99. The van der Waals surface area contributed by atoms with Gasteiger partial charge in [-0.3, -0.25) is 0 Å². The summed E-state index contributed by atoms with van der Waals surface area (Å²) in [5.41, 5.74) is -0.420. The Morgan fingerprint density at radius 3 is 2.64 bits per heavy atom. The van der Waals surface area contributed by atoms with Gasteiger partial charge in [-0.25, -0.2) is 0 Å². The second-order valence-corrected chi connectivity index (χ2v) is 5.45. The van der Waals surface area contributed by atoms with Crippen molar-refractivity contribution in [3.63, 3.8) is 0 Å². The fourth-order valence-corrected chi connectivity index (χ4v) is 3.12. The fourth-order valence-electron chi connectivity index (χ4n) is 1.82. The standard InChI is InChI=1S/C11H23NOS/c1-3-10(4-2)7-12-8-11(13)5-6-14-9-11/h10,12-13H,3-9H2,1-2H3. The molecule has 0 radical (unpaired) electrons. The molecular formula is C11H23NOS. The van der Waals surface area contributed by atoms with Gasteiger partial charge in [-0.2, -0.15) is 11.8 Å². The zero-order valence-corrected chi connectivity index (χ0v) is 10.2. The van der Waals surface area contributed by atoms with E-state index in [0.717, 1.165) is 36.9 Å². The third-order valence-corrected chi connectivity index (χ3v) is 4.36. The Bertz CT molecular complexity index is 153. The van der Waals surface area contributed by atoms with Crippen LogP contribution in [-0.2, 0) is 0 Å². The van der Waals surface area contributed by atoms with Gasteiger partial charge in [-0.15, -0.1) is 0 Å². The van der Waals surface area contributed by atoms with E-state index in [1.165, 1.54) is 12.8 Å². The topological polar surface area (TPSA) is 32.3 Å². The molecule has 3 heteroatoms. The van der Waals surface area contributed by atoms with Crippen molar-refractivity contribution in [2.24, 2.45) is 5.92 Å². The summed E-state index contributed by atoms with van der Waals surface area (Å²) in [6.07, 6.45) is 3.42. The fraction of sp³-hybridized carbons (Fsp3) is 1.00. The minimum Gasteiger partial charge on any atom is -0.388 e. The largest absolute Gasteiger partial charge is 0.388 e. The molecule has 0 aromatic rings. The van der Waals surface area contributed by atoms with Gasteiger partial charge in [0.15, 0.2) is 0 Å². The highest BCUT2D eigenvalue weighted by Crippen LogP contribution is 2.26. The highest BCUT2D eigenvalue weighted by molar-refractivity contribution is 7.99. The lowest BCUT2D eigenvalue weighted by atomic mass is 10.0. The van der Waals surface area contributed by atoms with Crippen molar-refractivity contribution in [2.45, 2.75) is 38.7 Å². The van der Waals surface area contributed by atoms with Gasteiger partial charge in [0.1, 0.15) is 0 Å². The van der Waals surface area contributed by atoms with Crippen LogP contribution < -0.4 is 5.32 Å². The molecule has 84 valence electrons. The molecule has 2 nitrogen and oxygen atoms in total. The van der Waals surface area contributed by atoms with Crippen LogP contribution in [0.2, 0.25) is 0 Å². The molecule has 0 aromatic heterocycles. The molecule has 14 heavy (non-hydrogen) atoms. The van der Waals surface area contributed by atoms with Gasteiger partial charge in [0.05, 0.1) is 5.60 Å². The molecule has 1 atom stereocenters. The molecule has 1 unspecified atom stereocenters. The highest BCUT2D eigenvalue weighted by atomic mass is 32.2. The molecule has 1 heterocycles. The first-order chi connectivity index (χ1) is 6.70. The summed E-state index contributed by atoms with van der Waals surface area (Å²) in [7, 11) is 0. The number of hydrogen-bond donors (Lipinski definition) is 2. The zero-order valence-electron chi connectivity index (χ0n) is 9.38. The monoisotopic (exact) mass is 217 g/mol. The molecule has 0 aliphatic carbocycles. The summed E-state index contributed by atoms with van der Waals surface area (Å²) >= 11 is 1.86. The van der Waals surface area contributed by atoms with E-state index in [0.29, 0.717) is 0 Å². The van der Waals surface area contributed by atoms with E-state index in [2.05, 4.69) is 19.2 Å². The molecule has 1 fully saturated rings. The predicted molar refractivity (Wildman–Crippen MR) is 63.8 cm³/mol. The van der Waals surface area contributed by atoms with Gasteiger partial charge < -0.3 is 10.4 Å². The van der Waals surface area contributed by atoms with Crippen molar-refractivity contribution in [3.8, 4) is 0 Å². The summed E-state index contributed by atoms with van der Waals surface area (Å²) in [6, 6.07) is 0. The Balaban J connectivity index is 2.13. The SMILES string of the molecule is CCC(CC)CNCC1(O)CCSC1. The number of aliphatic hydroxyl groups is 1. The van der Waals surface area contributed by atoms with Crippen molar-refractivity contribution in [2.75, 3.05) is 24.6 Å². The van der Waals surface area contributed by atoms with Crippen LogP contribution in [0.1, 0.15) is 33.1 Å². The Morgan fingerprint density at radius 1 is 1.43 bits per heavy atom. The first kappa shape index (κ1) is 12.3. The average Bonchev–Trinajstić information content (AvgIpc) is 2.60. The van der Waals surface area contributed by atoms with Crippen LogP contribution >= 0.6 is 11.8 Å². The van der Waals surface area contributed by atoms with E-state index in [1.807, 2.05) is 11.8 Å². The molecule has 1 saturated heterocycles. The Hall–Kier alpha value is 0.270. The number of rotatable bonds is 6. The zero-order chi connectivity index (χ0) is 10.4. The number of thioether (sulfide) groups is 1. The lowest BCUT2D eigenvalue weighted by molar-refractivity contribution is 0.0667. The molecule has 0 aromatic carbocycles. The number of hydrogen-bond acceptors (Lipinski definition) is 3. The van der Waals surface area contributed by atoms with E-state index in [4.69, 9.17) is 0 Å². The van der Waals surface area contributed by atoms with Gasteiger partial charge in [0, 0.05) is 12.3 Å². The summed E-state index contributed by atoms with van der Waals surface area (Å²) in [6.45, 7) is 6.29. The second-order valence-electron chi connectivity index (χ2n) is 4.34. The molecule has 1 aliphatic rings. The van der Waals surface area contributed by atoms with E-state index in [-0.39, 0.29) is 0 Å². The normalized spacial score (nSPS) is 27.4. The maximum absolute atomic E-state index is 10.1. The number of nitrogens with one attached hydrogen (secondary N) is 1. The van der Waals surface area contributed by atoms with Crippen LogP contribution in [0.3, 0.4) is 0 Å². The molecule has 0 saturated carbocycles. The van der Waals surface area contributed by atoms with Crippen LogP contribution in [0.5, 0.6) is 0 Å². The third kappa shape index (κ3) is 3.79. The molecule has 1 aliphatic heterocycles. The van der Waals surface area contributed by atoms with Crippen molar-refractivity contribution in [1.29, 1.82) is 0 Å². The summed E-state index contributed by atoms with van der Waals surface area (Å²) in [5.74, 6) is 2.79. The first-order valence-corrected chi connectivity index (χ1v) is 6.86. The smallest absolute Gasteiger partial charge is 0.0869 e. The van der Waals surface area contributed by atoms with Crippen molar-refractivity contribution in [3.05, 3.63) is 0 Å². The molecule has 1 rings (SSSR count). The molecule has 2 N–H and O–H groups in total. The van der Waals surface area contributed by atoms with Gasteiger partial charge in [0.2, 0.25) is 0 Å². The van der Waals surface area contributed by atoms with E-state index in [9.17, 15) is 5.11 Å². The third-order valence-electron chi connectivity index (χ3n) is 3.12. The van der Waals surface area contributed by atoms with E-state index < -0.39 is 5.60 Å². The Kier molecular flexibility index (Phi) is 5.28. The van der Waals surface area contributed by atoms with Crippen molar-refractivity contribution >= 4 is 11.8 Å². The maximum atomic E-state index is 10.1. The van der Waals surface area contributed by atoms with Gasteiger partial charge in [-0.05, 0) is 24.6 Å². The molecule has 0 spiro atoms. The van der Waals surface area contributed by atoms with Gasteiger partial charge in [0.25, 0.3) is 0 Å². The molecular weight excluding hydrogens is 194 g/mol. The van der Waals surface area contributed by atoms with Crippen LogP contribution in [-0.4, -0.2) is 35.3 Å². The summed E-state index contributed by atoms with van der Waals surface area (Å²) < 4.78 is 0. The van der Waals surface area contributed by atoms with Crippen LogP contribution in [0.4, 0.5) is 0 Å². The predicted octanol–water partition coefficient (Wildman–Crippen LogP) is 1.88. The average molecular weight is 217 g/mol. The van der Waals surface area contributed by atoms with E-state index >= 15 is 0 Å². The van der Waals surface area contributed by atoms with Gasteiger partial charge >= 0.3 is 0 Å². The Morgan fingerprint density at radius 2 is 2.14 bits per heavy atom. The highest BCUT2D eigenvalue weighted by Gasteiger charge is 2.31. The summed E-state index contributed by atoms with van der Waals surface area (Å²) in [4.78, 5) is 0. The maximum Gasteiger partial charge on any atom is 0.0869 e. The Labute approximate surface area is 91.9 Å².